The maximum absolute atomic E-state index is 11.4. The van der Waals surface area contributed by atoms with E-state index in [1.165, 1.54) is 11.3 Å². The molecule has 1 N–H and O–H groups in total. The van der Waals surface area contributed by atoms with Crippen LogP contribution in [-0.2, 0) is 6.61 Å². The largest absolute Gasteiger partial charge is 0.392 e. The molecule has 0 aliphatic carbocycles. The fraction of sp³-hybridized carbons (Fsp3) is 0.100. The van der Waals surface area contributed by atoms with Crippen molar-refractivity contribution in [1.82, 2.24) is 20.0 Å². The molecule has 0 amide bonds. The number of hydrogen-bond donors (Lipinski definition) is 1. The molecule has 134 valence electrons. The van der Waals surface area contributed by atoms with Crippen LogP contribution in [0.2, 0.25) is 0 Å². The van der Waals surface area contributed by atoms with E-state index in [0.29, 0.717) is 5.56 Å². The molecule has 2 heterocycles. The molecule has 0 unspecified atom stereocenters. The van der Waals surface area contributed by atoms with Gasteiger partial charge in [-0.05, 0) is 24.6 Å². The van der Waals surface area contributed by atoms with Gasteiger partial charge in [-0.3, -0.25) is 4.79 Å². The fourth-order valence-corrected chi connectivity index (χ4v) is 3.46. The summed E-state index contributed by atoms with van der Waals surface area (Å²) in [5, 5.41) is 23.6. The molecular weight excluding hydrogens is 360 g/mol. The Morgan fingerprint density at radius 1 is 1.00 bits per heavy atom. The van der Waals surface area contributed by atoms with Crippen molar-refractivity contribution in [1.29, 1.82) is 0 Å². The Labute approximate surface area is 159 Å². The second-order valence-corrected chi connectivity index (χ2v) is 7.02. The van der Waals surface area contributed by atoms with Crippen LogP contribution in [0, 0.1) is 0 Å². The third-order valence-corrected chi connectivity index (χ3v) is 5.20. The zero-order valence-corrected chi connectivity index (χ0v) is 15.3. The van der Waals surface area contributed by atoms with Crippen LogP contribution < -0.4 is 0 Å². The van der Waals surface area contributed by atoms with E-state index in [9.17, 15) is 4.79 Å². The number of Topliss-reactive ketones (excluding diaryl/α,β-unsaturated/α-hetero) is 1. The molecule has 0 saturated heterocycles. The molecule has 0 aliphatic rings. The molecule has 0 fully saturated rings. The normalized spacial score (nSPS) is 10.9. The third-order valence-electron chi connectivity index (χ3n) is 4.18. The number of aromatic nitrogens is 4. The van der Waals surface area contributed by atoms with Crippen LogP contribution in [0.5, 0.6) is 0 Å². The first-order valence-corrected chi connectivity index (χ1v) is 9.16. The van der Waals surface area contributed by atoms with Crippen molar-refractivity contribution in [2.75, 3.05) is 0 Å². The molecule has 0 radical (unpaired) electrons. The maximum Gasteiger partial charge on any atom is 0.159 e. The molecule has 6 nitrogen and oxygen atoms in total. The van der Waals surface area contributed by atoms with Gasteiger partial charge < -0.3 is 5.11 Å². The molecular formula is C20H16N4O2S. The van der Waals surface area contributed by atoms with Gasteiger partial charge in [-0.25, -0.2) is 4.68 Å². The minimum atomic E-state index is 0.0194. The Bertz CT molecular complexity index is 1080. The lowest BCUT2D eigenvalue weighted by Gasteiger charge is -2.01. The highest BCUT2D eigenvalue weighted by molar-refractivity contribution is 7.17. The second kappa shape index (κ2) is 7.22. The predicted molar refractivity (Wildman–Crippen MR) is 104 cm³/mol. The van der Waals surface area contributed by atoms with E-state index in [4.69, 9.17) is 5.11 Å². The first kappa shape index (κ1) is 17.3. The Morgan fingerprint density at radius 3 is 2.30 bits per heavy atom. The van der Waals surface area contributed by atoms with Crippen LogP contribution in [0.3, 0.4) is 0 Å². The summed E-state index contributed by atoms with van der Waals surface area (Å²) in [7, 11) is 0. The van der Waals surface area contributed by atoms with E-state index in [1.807, 2.05) is 42.6 Å². The maximum atomic E-state index is 11.4. The van der Waals surface area contributed by atoms with Crippen LogP contribution in [0.4, 0.5) is 0 Å². The van der Waals surface area contributed by atoms with Gasteiger partial charge in [-0.15, -0.1) is 10.2 Å². The molecule has 0 saturated carbocycles. The number of carbonyl (C=O) groups excluding carboxylic acids is 1. The van der Waals surface area contributed by atoms with E-state index in [2.05, 4.69) is 15.3 Å². The predicted octanol–water partition coefficient (Wildman–Crippen LogP) is 3.75. The first-order chi connectivity index (χ1) is 13.1. The second-order valence-electron chi connectivity index (χ2n) is 6.04. The number of aliphatic hydroxyl groups excluding tert-OH is 1. The molecule has 0 aliphatic heterocycles. The summed E-state index contributed by atoms with van der Waals surface area (Å²) in [5.41, 5.74) is 4.25. The van der Waals surface area contributed by atoms with Crippen molar-refractivity contribution in [3.63, 3.8) is 0 Å². The molecule has 4 rings (SSSR count). The van der Waals surface area contributed by atoms with Gasteiger partial charge in [0.15, 0.2) is 10.8 Å². The highest BCUT2D eigenvalue weighted by Gasteiger charge is 2.11. The molecule has 4 aromatic rings. The zero-order valence-electron chi connectivity index (χ0n) is 14.5. The zero-order chi connectivity index (χ0) is 18.8. The highest BCUT2D eigenvalue weighted by Crippen LogP contribution is 2.30. The number of nitrogens with zero attached hydrogens (tertiary/aromatic N) is 4. The van der Waals surface area contributed by atoms with Gasteiger partial charge in [0.2, 0.25) is 0 Å². The molecule has 27 heavy (non-hydrogen) atoms. The van der Waals surface area contributed by atoms with Crippen molar-refractivity contribution in [2.45, 2.75) is 13.5 Å². The van der Waals surface area contributed by atoms with Gasteiger partial charge in [-0.1, -0.05) is 47.7 Å². The highest BCUT2D eigenvalue weighted by atomic mass is 32.1. The van der Waals surface area contributed by atoms with Crippen LogP contribution in [0.15, 0.2) is 60.9 Å². The van der Waals surface area contributed by atoms with Gasteiger partial charge in [0, 0.05) is 17.3 Å². The lowest BCUT2D eigenvalue weighted by Crippen LogP contribution is -1.94. The van der Waals surface area contributed by atoms with Crippen LogP contribution in [-0.4, -0.2) is 30.9 Å². The smallest absolute Gasteiger partial charge is 0.159 e. The Kier molecular flexibility index (Phi) is 4.62. The SMILES string of the molecule is CC(=O)c1ccc(-c2nnc(-c3cnn(-c4ccc(CO)cc4)c3)s2)cc1. The van der Waals surface area contributed by atoms with Crippen LogP contribution in [0.1, 0.15) is 22.8 Å². The quantitative estimate of drug-likeness (QED) is 0.537. The molecule has 2 aromatic carbocycles. The van der Waals surface area contributed by atoms with Gasteiger partial charge >= 0.3 is 0 Å². The summed E-state index contributed by atoms with van der Waals surface area (Å²) in [4.78, 5) is 11.4. The average molecular weight is 376 g/mol. The van der Waals surface area contributed by atoms with Crippen LogP contribution in [0.25, 0.3) is 26.8 Å². The molecule has 2 aromatic heterocycles. The first-order valence-electron chi connectivity index (χ1n) is 8.34. The minimum absolute atomic E-state index is 0.0194. The summed E-state index contributed by atoms with van der Waals surface area (Å²) in [6.45, 7) is 1.57. The molecule has 0 spiro atoms. The van der Waals surface area contributed by atoms with Crippen LogP contribution >= 0.6 is 11.3 Å². The van der Waals surface area contributed by atoms with E-state index in [-0.39, 0.29) is 12.4 Å². The molecule has 0 atom stereocenters. The molecule has 0 bridgehead atoms. The Hall–Kier alpha value is -3.16. The standard InChI is InChI=1S/C20H16N4O2S/c1-13(26)15-4-6-16(7-5-15)19-22-23-20(27-19)17-10-21-24(11-17)18-8-2-14(12-25)3-9-18/h2-11,25H,12H2,1H3. The number of ketones is 1. The summed E-state index contributed by atoms with van der Waals surface area (Å²) >= 11 is 1.47. The number of rotatable bonds is 5. The monoisotopic (exact) mass is 376 g/mol. The summed E-state index contributed by atoms with van der Waals surface area (Å²) in [5.74, 6) is 0.0407. The van der Waals surface area contributed by atoms with Gasteiger partial charge in [0.1, 0.15) is 5.01 Å². The average Bonchev–Trinajstić information content (AvgIpc) is 3.38. The Morgan fingerprint density at radius 2 is 1.67 bits per heavy atom. The number of carbonyl (C=O) groups is 1. The Balaban J connectivity index is 1.58. The van der Waals surface area contributed by atoms with E-state index in [1.54, 1.807) is 29.9 Å². The van der Waals surface area contributed by atoms with E-state index >= 15 is 0 Å². The number of benzene rings is 2. The summed E-state index contributed by atoms with van der Waals surface area (Å²) < 4.78 is 1.76. The van der Waals surface area contributed by atoms with Crippen molar-refractivity contribution in [2.24, 2.45) is 0 Å². The van der Waals surface area contributed by atoms with E-state index in [0.717, 1.165) is 32.4 Å². The van der Waals surface area contributed by atoms with Crippen molar-refractivity contribution < 1.29 is 9.90 Å². The molecule has 7 heteroatoms. The topological polar surface area (TPSA) is 80.9 Å². The van der Waals surface area contributed by atoms with Gasteiger partial charge in [0.25, 0.3) is 0 Å². The lowest BCUT2D eigenvalue weighted by molar-refractivity contribution is 0.101. The number of hydrogen-bond acceptors (Lipinski definition) is 6. The van der Waals surface area contributed by atoms with Gasteiger partial charge in [-0.2, -0.15) is 5.10 Å². The third kappa shape index (κ3) is 3.55. The fourth-order valence-electron chi connectivity index (χ4n) is 2.63. The lowest BCUT2D eigenvalue weighted by atomic mass is 10.1. The minimum Gasteiger partial charge on any atom is -0.392 e. The number of aliphatic hydroxyl groups is 1. The van der Waals surface area contributed by atoms with Crippen molar-refractivity contribution >= 4 is 17.1 Å². The van der Waals surface area contributed by atoms with Crippen molar-refractivity contribution in [3.8, 4) is 26.8 Å². The van der Waals surface area contributed by atoms with Crippen molar-refractivity contribution in [3.05, 3.63) is 72.1 Å². The van der Waals surface area contributed by atoms with E-state index < -0.39 is 0 Å². The summed E-state index contributed by atoms with van der Waals surface area (Å²) in [6.07, 6.45) is 3.65. The summed E-state index contributed by atoms with van der Waals surface area (Å²) in [6, 6.07) is 14.9. The van der Waals surface area contributed by atoms with Gasteiger partial charge in [0.05, 0.1) is 24.1 Å².